The highest BCUT2D eigenvalue weighted by molar-refractivity contribution is 7.80. The molecule has 0 aromatic carbocycles. The van der Waals surface area contributed by atoms with Crippen molar-refractivity contribution in [2.24, 2.45) is 0 Å². The molecule has 2 unspecified atom stereocenters. The van der Waals surface area contributed by atoms with E-state index >= 15 is 0 Å². The van der Waals surface area contributed by atoms with Gasteiger partial charge in [-0.05, 0) is 13.8 Å². The van der Waals surface area contributed by atoms with Crippen LogP contribution in [0.15, 0.2) is 0 Å². The third kappa shape index (κ3) is 4.14. The second-order valence-corrected chi connectivity index (χ2v) is 2.85. The molecular formula is C7H17NOS. The predicted molar refractivity (Wildman–Crippen MR) is 47.8 cm³/mol. The minimum absolute atomic E-state index is 0.278. The van der Waals surface area contributed by atoms with Gasteiger partial charge in [0.1, 0.15) is 0 Å². The van der Waals surface area contributed by atoms with Gasteiger partial charge >= 0.3 is 0 Å². The molecular weight excluding hydrogens is 146 g/mol. The summed E-state index contributed by atoms with van der Waals surface area (Å²) in [6.45, 7) is 5.10. The summed E-state index contributed by atoms with van der Waals surface area (Å²) in [6, 6.07) is 0.414. The van der Waals surface area contributed by atoms with E-state index in [2.05, 4.69) is 31.8 Å². The van der Waals surface area contributed by atoms with Crippen molar-refractivity contribution in [3.63, 3.8) is 0 Å². The van der Waals surface area contributed by atoms with Gasteiger partial charge in [-0.15, -0.1) is 0 Å². The van der Waals surface area contributed by atoms with E-state index in [0.29, 0.717) is 6.04 Å². The van der Waals surface area contributed by atoms with Crippen molar-refractivity contribution in [1.29, 1.82) is 0 Å². The van der Waals surface area contributed by atoms with Crippen LogP contribution in [0.25, 0.3) is 0 Å². The Morgan fingerprint density at radius 3 is 2.50 bits per heavy atom. The van der Waals surface area contributed by atoms with Crippen LogP contribution in [0, 0.1) is 0 Å². The molecule has 0 heterocycles. The molecule has 0 spiro atoms. The van der Waals surface area contributed by atoms with E-state index in [9.17, 15) is 0 Å². The first-order valence-electron chi connectivity index (χ1n) is 3.59. The Morgan fingerprint density at radius 2 is 2.10 bits per heavy atom. The summed E-state index contributed by atoms with van der Waals surface area (Å²) in [5.74, 6) is 0.876. The van der Waals surface area contributed by atoms with Crippen molar-refractivity contribution < 1.29 is 4.74 Å². The molecule has 2 atom stereocenters. The molecule has 0 rings (SSSR count). The third-order valence-electron chi connectivity index (χ3n) is 1.65. The van der Waals surface area contributed by atoms with Gasteiger partial charge in [0, 0.05) is 25.4 Å². The van der Waals surface area contributed by atoms with Gasteiger partial charge < -0.3 is 10.1 Å². The van der Waals surface area contributed by atoms with Gasteiger partial charge in [-0.2, -0.15) is 12.6 Å². The Bertz CT molecular complexity index is 80.0. The maximum atomic E-state index is 5.12. The summed E-state index contributed by atoms with van der Waals surface area (Å²) < 4.78 is 5.12. The van der Waals surface area contributed by atoms with E-state index in [4.69, 9.17) is 4.74 Å². The molecule has 0 radical (unpaired) electrons. The normalized spacial score (nSPS) is 16.8. The van der Waals surface area contributed by atoms with Gasteiger partial charge in [-0.3, -0.25) is 0 Å². The van der Waals surface area contributed by atoms with E-state index in [1.54, 1.807) is 7.11 Å². The minimum Gasteiger partial charge on any atom is -0.380 e. The number of ether oxygens (including phenoxy) is 1. The maximum Gasteiger partial charge on any atom is 0.0693 e. The topological polar surface area (TPSA) is 21.3 Å². The number of nitrogens with one attached hydrogen (secondary N) is 1. The molecule has 3 heteroatoms. The van der Waals surface area contributed by atoms with Crippen molar-refractivity contribution >= 4 is 12.6 Å². The second-order valence-electron chi connectivity index (χ2n) is 2.41. The zero-order valence-electron chi connectivity index (χ0n) is 6.92. The number of hydrogen-bond acceptors (Lipinski definition) is 3. The molecule has 2 nitrogen and oxygen atoms in total. The fourth-order valence-electron chi connectivity index (χ4n) is 0.662. The summed E-state index contributed by atoms with van der Waals surface area (Å²) in [7, 11) is 1.73. The van der Waals surface area contributed by atoms with Crippen molar-refractivity contribution in [3.05, 3.63) is 0 Å². The maximum absolute atomic E-state index is 5.12. The van der Waals surface area contributed by atoms with Crippen molar-refractivity contribution in [2.75, 3.05) is 19.4 Å². The molecule has 0 aromatic rings. The molecule has 10 heavy (non-hydrogen) atoms. The van der Waals surface area contributed by atoms with Crippen LogP contribution in [0.2, 0.25) is 0 Å². The minimum atomic E-state index is 0.278. The van der Waals surface area contributed by atoms with Crippen molar-refractivity contribution in [1.82, 2.24) is 5.32 Å². The standard InChI is InChI=1S/C7H17NOS/c1-6(7(2)9-3)8-4-5-10/h6-8,10H,4-5H2,1-3H3. The van der Waals surface area contributed by atoms with Gasteiger partial charge in [-0.25, -0.2) is 0 Å². The average Bonchev–Trinajstić information content (AvgIpc) is 1.98. The third-order valence-corrected chi connectivity index (χ3v) is 1.88. The fourth-order valence-corrected chi connectivity index (χ4v) is 0.791. The Kier molecular flexibility index (Phi) is 6.17. The van der Waals surface area contributed by atoms with Crippen molar-refractivity contribution in [2.45, 2.75) is 26.0 Å². The van der Waals surface area contributed by atoms with Crippen LogP contribution in [0.5, 0.6) is 0 Å². The first-order valence-corrected chi connectivity index (χ1v) is 4.22. The summed E-state index contributed by atoms with van der Waals surface area (Å²) in [6.07, 6.45) is 0.278. The lowest BCUT2D eigenvalue weighted by molar-refractivity contribution is 0.0895. The van der Waals surface area contributed by atoms with Crippen LogP contribution in [0.4, 0.5) is 0 Å². The Labute approximate surface area is 68.7 Å². The molecule has 1 N–H and O–H groups in total. The largest absolute Gasteiger partial charge is 0.380 e. The molecule has 0 aliphatic carbocycles. The average molecular weight is 163 g/mol. The molecule has 0 bridgehead atoms. The Morgan fingerprint density at radius 1 is 1.50 bits per heavy atom. The number of rotatable bonds is 5. The Balaban J connectivity index is 3.31. The number of methoxy groups -OCH3 is 1. The quantitative estimate of drug-likeness (QED) is 0.588. The first-order chi connectivity index (χ1) is 4.72. The molecule has 0 aliphatic heterocycles. The van der Waals surface area contributed by atoms with Crippen LogP contribution >= 0.6 is 12.6 Å². The van der Waals surface area contributed by atoms with Gasteiger partial charge in [0.25, 0.3) is 0 Å². The molecule has 0 amide bonds. The summed E-state index contributed by atoms with van der Waals surface area (Å²) >= 11 is 4.09. The number of hydrogen-bond donors (Lipinski definition) is 2. The molecule has 0 aromatic heterocycles. The van der Waals surface area contributed by atoms with Gasteiger partial charge in [0.05, 0.1) is 6.10 Å². The monoisotopic (exact) mass is 163 g/mol. The van der Waals surface area contributed by atoms with Crippen LogP contribution in [0.1, 0.15) is 13.8 Å². The first kappa shape index (κ1) is 10.3. The smallest absolute Gasteiger partial charge is 0.0693 e. The highest BCUT2D eigenvalue weighted by Gasteiger charge is 2.08. The van der Waals surface area contributed by atoms with E-state index in [0.717, 1.165) is 12.3 Å². The van der Waals surface area contributed by atoms with E-state index in [1.165, 1.54) is 0 Å². The van der Waals surface area contributed by atoms with E-state index in [1.807, 2.05) is 0 Å². The lowest BCUT2D eigenvalue weighted by atomic mass is 10.2. The lowest BCUT2D eigenvalue weighted by Gasteiger charge is -2.19. The molecule has 0 saturated heterocycles. The highest BCUT2D eigenvalue weighted by Crippen LogP contribution is 1.94. The Hall–Kier alpha value is 0.270. The zero-order chi connectivity index (χ0) is 7.98. The lowest BCUT2D eigenvalue weighted by Crippen LogP contribution is -2.37. The SMILES string of the molecule is COC(C)C(C)NCCS. The van der Waals surface area contributed by atoms with E-state index in [-0.39, 0.29) is 6.10 Å². The van der Waals surface area contributed by atoms with Crippen molar-refractivity contribution in [3.8, 4) is 0 Å². The van der Waals surface area contributed by atoms with Gasteiger partial charge in [0.15, 0.2) is 0 Å². The zero-order valence-corrected chi connectivity index (χ0v) is 7.82. The fraction of sp³-hybridized carbons (Fsp3) is 1.00. The summed E-state index contributed by atoms with van der Waals surface area (Å²) in [5, 5.41) is 3.28. The predicted octanol–water partition coefficient (Wildman–Crippen LogP) is 0.929. The molecule has 62 valence electrons. The van der Waals surface area contributed by atoms with Gasteiger partial charge in [0.2, 0.25) is 0 Å². The number of thiol groups is 1. The molecule has 0 saturated carbocycles. The molecule has 0 fully saturated rings. The summed E-state index contributed by atoms with van der Waals surface area (Å²) in [5.41, 5.74) is 0. The van der Waals surface area contributed by atoms with Crippen LogP contribution < -0.4 is 5.32 Å². The van der Waals surface area contributed by atoms with Crippen LogP contribution in [-0.2, 0) is 4.74 Å². The summed E-state index contributed by atoms with van der Waals surface area (Å²) in [4.78, 5) is 0. The van der Waals surface area contributed by atoms with E-state index < -0.39 is 0 Å². The second kappa shape index (κ2) is 6.01. The van der Waals surface area contributed by atoms with Crippen LogP contribution in [0.3, 0.4) is 0 Å². The molecule has 0 aliphatic rings. The highest BCUT2D eigenvalue weighted by atomic mass is 32.1. The van der Waals surface area contributed by atoms with Crippen LogP contribution in [-0.4, -0.2) is 31.6 Å². The van der Waals surface area contributed by atoms with Gasteiger partial charge in [-0.1, -0.05) is 0 Å².